The third-order valence-electron chi connectivity index (χ3n) is 8.37. The third kappa shape index (κ3) is 2.93. The maximum atomic E-state index is 15.9. The summed E-state index contributed by atoms with van der Waals surface area (Å²) in [7, 11) is 0. The van der Waals surface area contributed by atoms with Crippen LogP contribution < -0.4 is 0 Å². The van der Waals surface area contributed by atoms with Crippen molar-refractivity contribution < 1.29 is 14.6 Å². The Morgan fingerprint density at radius 2 is 1.93 bits per heavy atom. The molecule has 2 aromatic carbocycles. The van der Waals surface area contributed by atoms with Gasteiger partial charge in [0.15, 0.2) is 0 Å². The van der Waals surface area contributed by atoms with Crippen LogP contribution in [0.2, 0.25) is 0 Å². The lowest BCUT2D eigenvalue weighted by Crippen LogP contribution is -2.50. The number of alkyl halides is 1. The molecule has 0 bridgehead atoms. The molecule has 3 heteroatoms. The minimum Gasteiger partial charge on any atom is -0.508 e. The van der Waals surface area contributed by atoms with Crippen molar-refractivity contribution in [2.45, 2.75) is 56.7 Å². The molecule has 2 aromatic rings. The van der Waals surface area contributed by atoms with E-state index in [9.17, 15) is 10.2 Å². The first kappa shape index (κ1) is 19.8. The van der Waals surface area contributed by atoms with Gasteiger partial charge in [-0.15, -0.1) is 6.58 Å². The average molecular weight is 407 g/mol. The number of hydrogen-bond donors (Lipinski definition) is 2. The average Bonchev–Trinajstić information content (AvgIpc) is 2.97. The molecule has 0 saturated heterocycles. The number of fused-ring (bicyclic) bond motifs is 5. The van der Waals surface area contributed by atoms with E-state index in [1.165, 1.54) is 5.56 Å². The normalized spacial score (nSPS) is 39.6. The van der Waals surface area contributed by atoms with E-state index in [1.807, 2.05) is 24.3 Å². The Labute approximate surface area is 178 Å². The molecule has 30 heavy (non-hydrogen) atoms. The van der Waals surface area contributed by atoms with Crippen molar-refractivity contribution in [3.05, 3.63) is 77.9 Å². The van der Waals surface area contributed by atoms with Gasteiger partial charge in [-0.25, -0.2) is 4.39 Å². The van der Waals surface area contributed by atoms with Crippen LogP contribution in [0, 0.1) is 23.2 Å². The SMILES string of the molecule is C=CC[C@H]1[C@H]2[C@H]3[C@@H](c4ccc(O)cc4C[C@H]3c3ccccc3)[C@@H](F)C[C@]2(C)C[C@@H]1O. The van der Waals surface area contributed by atoms with E-state index in [0.717, 1.165) is 24.0 Å². The van der Waals surface area contributed by atoms with Gasteiger partial charge in [0.25, 0.3) is 0 Å². The van der Waals surface area contributed by atoms with Crippen molar-refractivity contribution in [1.29, 1.82) is 0 Å². The van der Waals surface area contributed by atoms with Gasteiger partial charge >= 0.3 is 0 Å². The molecule has 158 valence electrons. The Kier molecular flexibility index (Phi) is 4.77. The van der Waals surface area contributed by atoms with E-state index in [2.05, 4.69) is 37.8 Å². The molecule has 0 spiro atoms. The minimum absolute atomic E-state index is 0.123. The van der Waals surface area contributed by atoms with Crippen LogP contribution in [0.1, 0.15) is 54.7 Å². The highest BCUT2D eigenvalue weighted by molar-refractivity contribution is 5.44. The lowest BCUT2D eigenvalue weighted by molar-refractivity contribution is -0.0263. The summed E-state index contributed by atoms with van der Waals surface area (Å²) in [5.41, 5.74) is 3.15. The zero-order valence-corrected chi connectivity index (χ0v) is 17.5. The molecular weight excluding hydrogens is 375 g/mol. The largest absolute Gasteiger partial charge is 0.508 e. The molecule has 0 heterocycles. The zero-order valence-electron chi connectivity index (χ0n) is 17.5. The topological polar surface area (TPSA) is 40.5 Å². The van der Waals surface area contributed by atoms with Crippen molar-refractivity contribution in [3.8, 4) is 5.75 Å². The van der Waals surface area contributed by atoms with Gasteiger partial charge in [0.05, 0.1) is 6.10 Å². The Bertz CT molecular complexity index is 941. The molecule has 2 saturated carbocycles. The summed E-state index contributed by atoms with van der Waals surface area (Å²) < 4.78 is 15.9. The molecule has 3 aliphatic rings. The predicted octanol–water partition coefficient (Wildman–Crippen LogP) is 5.75. The maximum Gasteiger partial charge on any atom is 0.115 e. The molecule has 2 N–H and O–H groups in total. The number of hydrogen-bond acceptors (Lipinski definition) is 2. The van der Waals surface area contributed by atoms with E-state index in [0.29, 0.717) is 12.8 Å². The van der Waals surface area contributed by atoms with E-state index in [4.69, 9.17) is 0 Å². The minimum atomic E-state index is -0.944. The number of benzene rings is 2. The van der Waals surface area contributed by atoms with Crippen LogP contribution in [0.25, 0.3) is 0 Å². The molecule has 3 aliphatic carbocycles. The second-order valence-corrected chi connectivity index (χ2v) is 10.1. The Balaban J connectivity index is 1.69. The van der Waals surface area contributed by atoms with Gasteiger partial charge in [-0.05, 0) is 83.6 Å². The van der Waals surface area contributed by atoms with Crippen molar-refractivity contribution >= 4 is 0 Å². The lowest BCUT2D eigenvalue weighted by Gasteiger charge is -2.55. The van der Waals surface area contributed by atoms with Crippen LogP contribution in [0.4, 0.5) is 4.39 Å². The van der Waals surface area contributed by atoms with Gasteiger partial charge in [-0.2, -0.15) is 0 Å². The Morgan fingerprint density at radius 3 is 2.67 bits per heavy atom. The molecule has 5 rings (SSSR count). The second-order valence-electron chi connectivity index (χ2n) is 10.1. The van der Waals surface area contributed by atoms with Crippen molar-refractivity contribution in [2.75, 3.05) is 0 Å². The monoisotopic (exact) mass is 406 g/mol. The smallest absolute Gasteiger partial charge is 0.115 e. The summed E-state index contributed by atoms with van der Waals surface area (Å²) in [6, 6.07) is 15.9. The fourth-order valence-electron chi connectivity index (χ4n) is 7.43. The molecule has 2 nitrogen and oxygen atoms in total. The van der Waals surface area contributed by atoms with Gasteiger partial charge in [0, 0.05) is 5.92 Å². The van der Waals surface area contributed by atoms with Crippen LogP contribution in [0.3, 0.4) is 0 Å². The predicted molar refractivity (Wildman–Crippen MR) is 117 cm³/mol. The summed E-state index contributed by atoms with van der Waals surface area (Å²) in [6.45, 7) is 6.14. The number of aromatic hydroxyl groups is 1. The highest BCUT2D eigenvalue weighted by Gasteiger charge is 2.62. The summed E-state index contributed by atoms with van der Waals surface area (Å²) in [6.07, 6.45) is 3.30. The zero-order chi connectivity index (χ0) is 21.0. The molecule has 0 radical (unpaired) electrons. The first-order valence-corrected chi connectivity index (χ1v) is 11.2. The highest BCUT2D eigenvalue weighted by atomic mass is 19.1. The molecular formula is C27H31FO2. The van der Waals surface area contributed by atoms with E-state index in [-0.39, 0.29) is 40.8 Å². The Morgan fingerprint density at radius 1 is 1.17 bits per heavy atom. The standard InChI is InChI=1S/C27H31FO2/c1-3-7-20-23(30)15-27(2)14-22(28)24-19-11-10-18(29)12-17(19)13-21(25(24)26(20)27)16-8-5-4-6-9-16/h3-6,8-12,20-26,29-30H,1,7,13-15H2,2H3/t20-,21+,22+,23+,24+,25-,26+,27-/m1/s1. The number of rotatable bonds is 3. The van der Waals surface area contributed by atoms with Gasteiger partial charge in [-0.3, -0.25) is 0 Å². The van der Waals surface area contributed by atoms with Crippen LogP contribution in [-0.4, -0.2) is 22.5 Å². The maximum absolute atomic E-state index is 15.9. The van der Waals surface area contributed by atoms with E-state index in [1.54, 1.807) is 6.07 Å². The number of phenols is 1. The van der Waals surface area contributed by atoms with Crippen LogP contribution in [-0.2, 0) is 6.42 Å². The van der Waals surface area contributed by atoms with Crippen molar-refractivity contribution in [2.24, 2.45) is 23.2 Å². The van der Waals surface area contributed by atoms with Crippen LogP contribution in [0.15, 0.2) is 61.2 Å². The fourth-order valence-corrected chi connectivity index (χ4v) is 7.43. The number of allylic oxidation sites excluding steroid dienone is 1. The Hall–Kier alpha value is -2.13. The van der Waals surface area contributed by atoms with Crippen LogP contribution >= 0.6 is 0 Å². The molecule has 0 aromatic heterocycles. The highest BCUT2D eigenvalue weighted by Crippen LogP contribution is 2.66. The first-order valence-electron chi connectivity index (χ1n) is 11.2. The van der Waals surface area contributed by atoms with Gasteiger partial charge in [0.1, 0.15) is 11.9 Å². The summed E-state index contributed by atoms with van der Waals surface area (Å²) >= 11 is 0. The van der Waals surface area contributed by atoms with Gasteiger partial charge in [0.2, 0.25) is 0 Å². The van der Waals surface area contributed by atoms with Crippen molar-refractivity contribution in [1.82, 2.24) is 0 Å². The number of aliphatic hydroxyl groups excluding tert-OH is 1. The summed E-state index contributed by atoms with van der Waals surface area (Å²) in [5, 5.41) is 21.1. The third-order valence-corrected chi connectivity index (χ3v) is 8.37. The fraction of sp³-hybridized carbons (Fsp3) is 0.481. The second kappa shape index (κ2) is 7.23. The molecule has 0 unspecified atom stereocenters. The van der Waals surface area contributed by atoms with E-state index >= 15 is 4.39 Å². The number of phenolic OH excluding ortho intramolecular Hbond substituents is 1. The molecule has 0 aliphatic heterocycles. The summed E-state index contributed by atoms with van der Waals surface area (Å²) in [5.74, 6) is 0.712. The first-order chi connectivity index (χ1) is 14.4. The quantitative estimate of drug-likeness (QED) is 0.637. The van der Waals surface area contributed by atoms with Crippen molar-refractivity contribution in [3.63, 3.8) is 0 Å². The number of aliphatic hydroxyl groups is 1. The molecule has 2 fully saturated rings. The molecule has 8 atom stereocenters. The lowest BCUT2D eigenvalue weighted by atomic mass is 9.50. The van der Waals surface area contributed by atoms with Crippen LogP contribution in [0.5, 0.6) is 5.75 Å². The number of halogens is 1. The van der Waals surface area contributed by atoms with Gasteiger partial charge < -0.3 is 10.2 Å². The van der Waals surface area contributed by atoms with Gasteiger partial charge in [-0.1, -0.05) is 49.4 Å². The van der Waals surface area contributed by atoms with E-state index < -0.39 is 12.3 Å². The summed E-state index contributed by atoms with van der Waals surface area (Å²) in [4.78, 5) is 0. The molecule has 0 amide bonds.